The highest BCUT2D eigenvalue weighted by Crippen LogP contribution is 2.29. The molecule has 1 unspecified atom stereocenters. The van der Waals surface area contributed by atoms with Gasteiger partial charge in [-0.1, -0.05) is 19.9 Å². The van der Waals surface area contributed by atoms with Gasteiger partial charge in [-0.05, 0) is 48.5 Å². The highest BCUT2D eigenvalue weighted by molar-refractivity contribution is 7.89. The zero-order chi connectivity index (χ0) is 23.6. The zero-order valence-corrected chi connectivity index (χ0v) is 19.4. The van der Waals surface area contributed by atoms with Gasteiger partial charge in [-0.3, -0.25) is 14.6 Å². The smallest absolute Gasteiger partial charge is 0.243 e. The fourth-order valence-corrected chi connectivity index (χ4v) is 5.55. The first kappa shape index (κ1) is 22.9. The van der Waals surface area contributed by atoms with Gasteiger partial charge < -0.3 is 10.2 Å². The van der Waals surface area contributed by atoms with Crippen molar-refractivity contribution >= 4 is 44.1 Å². The molecule has 0 aliphatic carbocycles. The number of fused-ring (bicyclic) bond motifs is 1. The van der Waals surface area contributed by atoms with Gasteiger partial charge in [-0.2, -0.15) is 4.31 Å². The van der Waals surface area contributed by atoms with E-state index >= 15 is 0 Å². The summed E-state index contributed by atoms with van der Waals surface area (Å²) in [6.45, 7) is 4.58. The molecule has 2 aromatic carbocycles. The lowest BCUT2D eigenvalue weighted by atomic mass is 10.1. The van der Waals surface area contributed by atoms with Crippen LogP contribution in [0.5, 0.6) is 0 Å². The number of amides is 2. The number of sulfonamides is 1. The summed E-state index contributed by atoms with van der Waals surface area (Å²) in [5.74, 6) is -0.916. The first-order chi connectivity index (χ1) is 15.8. The van der Waals surface area contributed by atoms with Gasteiger partial charge in [0.05, 0.1) is 22.0 Å². The monoisotopic (exact) mass is 466 g/mol. The Morgan fingerprint density at radius 1 is 1.09 bits per heavy atom. The van der Waals surface area contributed by atoms with Crippen molar-refractivity contribution in [1.29, 1.82) is 0 Å². The predicted octanol–water partition coefficient (Wildman–Crippen LogP) is 3.26. The third-order valence-corrected chi connectivity index (χ3v) is 7.96. The van der Waals surface area contributed by atoms with Gasteiger partial charge in [0, 0.05) is 43.3 Å². The van der Waals surface area contributed by atoms with E-state index in [-0.39, 0.29) is 29.7 Å². The Morgan fingerprint density at radius 2 is 1.82 bits per heavy atom. The van der Waals surface area contributed by atoms with Crippen LogP contribution in [0.1, 0.15) is 20.3 Å². The molecule has 1 aliphatic rings. The Labute approximate surface area is 193 Å². The van der Waals surface area contributed by atoms with E-state index in [4.69, 9.17) is 0 Å². The molecule has 1 N–H and O–H groups in total. The summed E-state index contributed by atoms with van der Waals surface area (Å²) in [5.41, 5.74) is 2.00. The number of aromatic nitrogens is 1. The van der Waals surface area contributed by atoms with E-state index in [1.54, 1.807) is 32.2 Å². The highest BCUT2D eigenvalue weighted by atomic mass is 32.2. The SMILES string of the molecule is CCN(CC)S(=O)(=O)c1ccc(N2CC(C(=O)Nc3cccc4ncccc34)CC2=O)cc1. The van der Waals surface area contributed by atoms with Crippen LogP contribution in [-0.2, 0) is 19.6 Å². The maximum Gasteiger partial charge on any atom is 0.243 e. The van der Waals surface area contributed by atoms with Gasteiger partial charge >= 0.3 is 0 Å². The van der Waals surface area contributed by atoms with E-state index in [1.165, 1.54) is 21.3 Å². The fraction of sp³-hybridized carbons (Fsp3) is 0.292. The summed E-state index contributed by atoms with van der Waals surface area (Å²) < 4.78 is 26.8. The molecule has 1 saturated heterocycles. The molecule has 1 aliphatic heterocycles. The molecule has 0 spiro atoms. The Morgan fingerprint density at radius 3 is 2.52 bits per heavy atom. The third-order valence-electron chi connectivity index (χ3n) is 5.89. The molecule has 9 heteroatoms. The molecule has 3 aromatic rings. The molecule has 0 saturated carbocycles. The molecule has 1 fully saturated rings. The molecule has 172 valence electrons. The van der Waals surface area contributed by atoms with Crippen LogP contribution in [0.25, 0.3) is 10.9 Å². The highest BCUT2D eigenvalue weighted by Gasteiger charge is 2.35. The predicted molar refractivity (Wildman–Crippen MR) is 127 cm³/mol. The number of anilines is 2. The summed E-state index contributed by atoms with van der Waals surface area (Å²) in [5, 5.41) is 3.76. The largest absolute Gasteiger partial charge is 0.325 e. The number of carbonyl (C=O) groups is 2. The summed E-state index contributed by atoms with van der Waals surface area (Å²) in [6.07, 6.45) is 1.79. The van der Waals surface area contributed by atoms with Crippen molar-refractivity contribution in [3.05, 3.63) is 60.8 Å². The first-order valence-electron chi connectivity index (χ1n) is 10.9. The third kappa shape index (κ3) is 4.46. The molecule has 1 aromatic heterocycles. The van der Waals surface area contributed by atoms with Crippen molar-refractivity contribution in [2.24, 2.45) is 5.92 Å². The molecule has 2 heterocycles. The van der Waals surface area contributed by atoms with Gasteiger partial charge in [0.1, 0.15) is 0 Å². The van der Waals surface area contributed by atoms with E-state index in [0.29, 0.717) is 24.5 Å². The number of nitrogens with one attached hydrogen (secondary N) is 1. The van der Waals surface area contributed by atoms with Gasteiger partial charge in [0.2, 0.25) is 21.8 Å². The summed E-state index contributed by atoms with van der Waals surface area (Å²) in [4.78, 5) is 31.6. The Bertz CT molecular complexity index is 1280. The van der Waals surface area contributed by atoms with Crippen molar-refractivity contribution in [3.63, 3.8) is 0 Å². The van der Waals surface area contributed by atoms with E-state index in [0.717, 1.165) is 10.9 Å². The van der Waals surface area contributed by atoms with Crippen LogP contribution in [0, 0.1) is 5.92 Å². The maximum atomic E-state index is 12.9. The maximum absolute atomic E-state index is 12.9. The standard InChI is InChI=1S/C24H26N4O4S/c1-3-27(4-2)33(31,32)19-12-10-18(11-13-19)28-16-17(15-23(28)29)24(30)26-22-9-5-8-21-20(22)7-6-14-25-21/h5-14,17H,3-4,15-16H2,1-2H3,(H,26,30). The quantitative estimate of drug-likeness (QED) is 0.576. The van der Waals surface area contributed by atoms with Crippen molar-refractivity contribution in [2.45, 2.75) is 25.2 Å². The number of hydrogen-bond donors (Lipinski definition) is 1. The van der Waals surface area contributed by atoms with Gasteiger partial charge in [0.15, 0.2) is 0 Å². The van der Waals surface area contributed by atoms with E-state index in [9.17, 15) is 18.0 Å². The zero-order valence-electron chi connectivity index (χ0n) is 18.6. The molecule has 2 amide bonds. The minimum atomic E-state index is -3.57. The van der Waals surface area contributed by atoms with Crippen molar-refractivity contribution in [3.8, 4) is 0 Å². The number of carbonyl (C=O) groups excluding carboxylic acids is 2. The topological polar surface area (TPSA) is 99.7 Å². The van der Waals surface area contributed by atoms with E-state index < -0.39 is 15.9 Å². The van der Waals surface area contributed by atoms with Crippen LogP contribution in [0.15, 0.2) is 65.7 Å². The second-order valence-electron chi connectivity index (χ2n) is 7.85. The summed E-state index contributed by atoms with van der Waals surface area (Å²) in [6, 6.07) is 15.4. The molecule has 33 heavy (non-hydrogen) atoms. The lowest BCUT2D eigenvalue weighted by Gasteiger charge is -2.20. The van der Waals surface area contributed by atoms with Crippen molar-refractivity contribution in [2.75, 3.05) is 29.9 Å². The lowest BCUT2D eigenvalue weighted by Crippen LogP contribution is -2.31. The fourth-order valence-electron chi connectivity index (χ4n) is 4.09. The number of hydrogen-bond acceptors (Lipinski definition) is 5. The Balaban J connectivity index is 1.48. The normalized spacial score (nSPS) is 16.5. The summed E-state index contributed by atoms with van der Waals surface area (Å²) >= 11 is 0. The minimum Gasteiger partial charge on any atom is -0.325 e. The number of benzene rings is 2. The van der Waals surface area contributed by atoms with Crippen LogP contribution in [0.2, 0.25) is 0 Å². The van der Waals surface area contributed by atoms with Crippen LogP contribution in [0.3, 0.4) is 0 Å². The Kier molecular flexibility index (Phi) is 6.44. The molecule has 4 rings (SSSR count). The lowest BCUT2D eigenvalue weighted by molar-refractivity contribution is -0.122. The molecule has 0 bridgehead atoms. The molecular weight excluding hydrogens is 440 g/mol. The van der Waals surface area contributed by atoms with E-state index in [2.05, 4.69) is 10.3 Å². The molecule has 8 nitrogen and oxygen atoms in total. The van der Waals surface area contributed by atoms with Gasteiger partial charge in [-0.25, -0.2) is 8.42 Å². The molecule has 1 atom stereocenters. The first-order valence-corrected chi connectivity index (χ1v) is 12.3. The van der Waals surface area contributed by atoms with E-state index in [1.807, 2.05) is 30.3 Å². The van der Waals surface area contributed by atoms with Crippen LogP contribution in [0.4, 0.5) is 11.4 Å². The van der Waals surface area contributed by atoms with Gasteiger partial charge in [0.25, 0.3) is 0 Å². The van der Waals surface area contributed by atoms with Crippen LogP contribution < -0.4 is 10.2 Å². The van der Waals surface area contributed by atoms with Gasteiger partial charge in [-0.15, -0.1) is 0 Å². The Hall–Kier alpha value is -3.30. The second kappa shape index (κ2) is 9.29. The average molecular weight is 467 g/mol. The van der Waals surface area contributed by atoms with Crippen molar-refractivity contribution in [1.82, 2.24) is 9.29 Å². The molecular formula is C24H26N4O4S. The average Bonchev–Trinajstić information content (AvgIpc) is 3.22. The van der Waals surface area contributed by atoms with Crippen molar-refractivity contribution < 1.29 is 18.0 Å². The number of rotatable bonds is 7. The van der Waals surface area contributed by atoms with Crippen LogP contribution in [-0.4, -0.2) is 49.2 Å². The minimum absolute atomic E-state index is 0.0916. The number of pyridine rings is 1. The summed E-state index contributed by atoms with van der Waals surface area (Å²) in [7, 11) is -3.57. The number of nitrogens with zero attached hydrogens (tertiary/aromatic N) is 3. The van der Waals surface area contributed by atoms with Crippen LogP contribution >= 0.6 is 0 Å². The second-order valence-corrected chi connectivity index (χ2v) is 9.79. The molecule has 0 radical (unpaired) electrons.